The Balaban J connectivity index is 0.000000880. The van der Waals surface area contributed by atoms with Crippen LogP contribution in [0.15, 0.2) is 49.1 Å². The average Bonchev–Trinajstić information content (AvgIpc) is 2.95. The van der Waals surface area contributed by atoms with Gasteiger partial charge in [0.1, 0.15) is 0 Å². The lowest BCUT2D eigenvalue weighted by molar-refractivity contribution is 0.989. The molecule has 0 aliphatic heterocycles. The van der Waals surface area contributed by atoms with Crippen molar-refractivity contribution in [3.05, 3.63) is 71.3 Å². The molecule has 0 saturated heterocycles. The summed E-state index contributed by atoms with van der Waals surface area (Å²) in [5.74, 6) is 0. The molecule has 1 aliphatic rings. The van der Waals surface area contributed by atoms with E-state index in [0.29, 0.717) is 0 Å². The summed E-state index contributed by atoms with van der Waals surface area (Å²) in [6.07, 6.45) is 12.9. The number of allylic oxidation sites excluding steroid dienone is 3. The van der Waals surface area contributed by atoms with E-state index >= 15 is 0 Å². The SMILES string of the molecule is C=C/C=C\c1c(C)ccc2c1c1c3c(ccc1n2C)C=CCC3.CC. The monoisotopic (exact) mass is 329 g/mol. The van der Waals surface area contributed by atoms with Crippen LogP contribution in [-0.2, 0) is 13.5 Å². The zero-order valence-corrected chi connectivity index (χ0v) is 15.8. The quantitative estimate of drug-likeness (QED) is 0.454. The smallest absolute Gasteiger partial charge is 0.0495 e. The maximum atomic E-state index is 3.82. The van der Waals surface area contributed by atoms with E-state index in [4.69, 9.17) is 0 Å². The molecule has 1 nitrogen and oxygen atoms in total. The van der Waals surface area contributed by atoms with Crippen LogP contribution in [0.1, 0.15) is 42.5 Å². The second kappa shape index (κ2) is 7.14. The Morgan fingerprint density at radius 2 is 1.76 bits per heavy atom. The maximum Gasteiger partial charge on any atom is 0.0495 e. The minimum atomic E-state index is 1.13. The minimum absolute atomic E-state index is 1.13. The molecule has 0 radical (unpaired) electrons. The molecule has 0 bridgehead atoms. The summed E-state index contributed by atoms with van der Waals surface area (Å²) >= 11 is 0. The molecule has 1 heteroatoms. The zero-order valence-electron chi connectivity index (χ0n) is 15.8. The molecule has 2 aromatic carbocycles. The molecule has 25 heavy (non-hydrogen) atoms. The van der Waals surface area contributed by atoms with E-state index in [1.54, 1.807) is 0 Å². The average molecular weight is 329 g/mol. The van der Waals surface area contributed by atoms with Crippen molar-refractivity contribution in [2.45, 2.75) is 33.6 Å². The molecular formula is C24H27N. The van der Waals surface area contributed by atoms with Gasteiger partial charge in [0, 0.05) is 28.9 Å². The van der Waals surface area contributed by atoms with Gasteiger partial charge in [0.25, 0.3) is 0 Å². The number of aryl methyl sites for hydroxylation is 3. The van der Waals surface area contributed by atoms with Crippen LogP contribution in [0.5, 0.6) is 0 Å². The minimum Gasteiger partial charge on any atom is -0.344 e. The first-order valence-electron chi connectivity index (χ1n) is 9.21. The predicted molar refractivity (Wildman–Crippen MR) is 113 cm³/mol. The summed E-state index contributed by atoms with van der Waals surface area (Å²) in [4.78, 5) is 0. The van der Waals surface area contributed by atoms with Gasteiger partial charge in [-0.25, -0.2) is 0 Å². The molecule has 128 valence electrons. The van der Waals surface area contributed by atoms with Crippen LogP contribution in [0.2, 0.25) is 0 Å². The first-order chi connectivity index (χ1) is 12.2. The van der Waals surface area contributed by atoms with Crippen LogP contribution in [0.25, 0.3) is 34.0 Å². The number of hydrogen-bond acceptors (Lipinski definition) is 0. The van der Waals surface area contributed by atoms with Gasteiger partial charge in [0.2, 0.25) is 0 Å². The second-order valence-corrected chi connectivity index (χ2v) is 6.31. The molecule has 0 saturated carbocycles. The molecule has 1 heterocycles. The molecule has 1 aliphatic carbocycles. The number of fused-ring (bicyclic) bond motifs is 5. The van der Waals surface area contributed by atoms with Gasteiger partial charge in [-0.1, -0.05) is 62.9 Å². The van der Waals surface area contributed by atoms with Gasteiger partial charge in [-0.15, -0.1) is 0 Å². The van der Waals surface area contributed by atoms with Gasteiger partial charge in [0.15, 0.2) is 0 Å². The van der Waals surface area contributed by atoms with Gasteiger partial charge in [-0.3, -0.25) is 0 Å². The summed E-state index contributed by atoms with van der Waals surface area (Å²) in [5.41, 5.74) is 8.12. The van der Waals surface area contributed by atoms with Crippen LogP contribution < -0.4 is 0 Å². The molecule has 4 rings (SSSR count). The largest absolute Gasteiger partial charge is 0.344 e. The molecule has 3 aromatic rings. The highest BCUT2D eigenvalue weighted by molar-refractivity contribution is 6.14. The van der Waals surface area contributed by atoms with Crippen LogP contribution >= 0.6 is 0 Å². The van der Waals surface area contributed by atoms with Crippen molar-refractivity contribution in [3.8, 4) is 0 Å². The van der Waals surface area contributed by atoms with Crippen molar-refractivity contribution in [2.24, 2.45) is 7.05 Å². The van der Waals surface area contributed by atoms with Crippen molar-refractivity contribution in [2.75, 3.05) is 0 Å². The van der Waals surface area contributed by atoms with Crippen LogP contribution in [0, 0.1) is 6.92 Å². The lowest BCUT2D eigenvalue weighted by Crippen LogP contribution is -1.95. The van der Waals surface area contributed by atoms with Gasteiger partial charge < -0.3 is 4.57 Å². The van der Waals surface area contributed by atoms with E-state index in [9.17, 15) is 0 Å². The fourth-order valence-electron chi connectivity index (χ4n) is 3.84. The molecule has 0 N–H and O–H groups in total. The highest BCUT2D eigenvalue weighted by Gasteiger charge is 2.18. The topological polar surface area (TPSA) is 4.93 Å². The Bertz CT molecular complexity index is 996. The highest BCUT2D eigenvalue weighted by atomic mass is 14.9. The Morgan fingerprint density at radius 3 is 2.52 bits per heavy atom. The Kier molecular flexibility index (Phi) is 4.94. The molecule has 0 spiro atoms. The van der Waals surface area contributed by atoms with Crippen molar-refractivity contribution in [1.29, 1.82) is 0 Å². The van der Waals surface area contributed by atoms with E-state index < -0.39 is 0 Å². The zero-order chi connectivity index (χ0) is 18.0. The Morgan fingerprint density at radius 1 is 1.04 bits per heavy atom. The van der Waals surface area contributed by atoms with Crippen molar-refractivity contribution in [3.63, 3.8) is 0 Å². The van der Waals surface area contributed by atoms with Crippen molar-refractivity contribution < 1.29 is 0 Å². The van der Waals surface area contributed by atoms with Crippen LogP contribution in [-0.4, -0.2) is 4.57 Å². The number of nitrogens with zero attached hydrogens (tertiary/aromatic N) is 1. The van der Waals surface area contributed by atoms with Crippen LogP contribution in [0.3, 0.4) is 0 Å². The van der Waals surface area contributed by atoms with Gasteiger partial charge in [0.05, 0.1) is 0 Å². The molecule has 0 unspecified atom stereocenters. The number of rotatable bonds is 2. The third kappa shape index (κ3) is 2.74. The number of hydrogen-bond donors (Lipinski definition) is 0. The fourth-order valence-corrected chi connectivity index (χ4v) is 3.84. The first kappa shape index (κ1) is 17.3. The standard InChI is InChI=1S/C22H21N.C2H6/c1-4-5-9-17-15(2)11-13-19-21(17)22-18-10-7-6-8-16(18)12-14-20(22)23(19)3;1-2/h4-6,8-9,11-14H,1,7,10H2,2-3H3;1-2H3/b9-5-;. The normalized spacial score (nSPS) is 13.1. The Labute approximate surface area is 151 Å². The maximum absolute atomic E-state index is 3.82. The second-order valence-electron chi connectivity index (χ2n) is 6.31. The van der Waals surface area contributed by atoms with E-state index in [2.05, 4.69) is 67.6 Å². The third-order valence-corrected chi connectivity index (χ3v) is 5.00. The van der Waals surface area contributed by atoms with Crippen molar-refractivity contribution >= 4 is 34.0 Å². The molecule has 0 fully saturated rings. The fraction of sp³-hybridized carbons (Fsp3) is 0.250. The number of benzene rings is 2. The van der Waals surface area contributed by atoms with E-state index in [1.165, 1.54) is 44.1 Å². The van der Waals surface area contributed by atoms with Gasteiger partial charge in [-0.2, -0.15) is 0 Å². The molecule has 1 aromatic heterocycles. The van der Waals surface area contributed by atoms with Gasteiger partial charge >= 0.3 is 0 Å². The Hall–Kier alpha value is -2.54. The summed E-state index contributed by atoms with van der Waals surface area (Å²) in [6, 6.07) is 9.00. The van der Waals surface area contributed by atoms with E-state index in [-0.39, 0.29) is 0 Å². The lowest BCUT2D eigenvalue weighted by Gasteiger charge is -2.13. The third-order valence-electron chi connectivity index (χ3n) is 5.00. The van der Waals surface area contributed by atoms with Gasteiger partial charge in [-0.05, 0) is 54.2 Å². The van der Waals surface area contributed by atoms with Crippen molar-refractivity contribution in [1.82, 2.24) is 4.57 Å². The molecule has 0 amide bonds. The first-order valence-corrected chi connectivity index (χ1v) is 9.21. The summed E-state index contributed by atoms with van der Waals surface area (Å²) in [7, 11) is 2.17. The van der Waals surface area contributed by atoms with Crippen LogP contribution in [0.4, 0.5) is 0 Å². The summed E-state index contributed by atoms with van der Waals surface area (Å²) in [6.45, 7) is 10.0. The molecular weight excluding hydrogens is 302 g/mol. The molecule has 0 atom stereocenters. The lowest BCUT2D eigenvalue weighted by atomic mass is 9.91. The highest BCUT2D eigenvalue weighted by Crippen LogP contribution is 2.38. The summed E-state index contributed by atoms with van der Waals surface area (Å²) in [5, 5.41) is 2.81. The van der Waals surface area contributed by atoms with E-state index in [1.807, 2.05) is 26.0 Å². The number of aromatic nitrogens is 1. The predicted octanol–water partition coefficient (Wildman–Crippen LogP) is 6.82. The summed E-state index contributed by atoms with van der Waals surface area (Å²) < 4.78 is 2.33. The van der Waals surface area contributed by atoms with E-state index in [0.717, 1.165) is 12.8 Å².